The van der Waals surface area contributed by atoms with Gasteiger partial charge in [0.2, 0.25) is 11.8 Å². The molecule has 0 atom stereocenters. The molecule has 1 amide bonds. The number of likely N-dealkylation sites (tertiary alicyclic amines) is 1. The van der Waals surface area contributed by atoms with Gasteiger partial charge in [0.1, 0.15) is 11.8 Å². The van der Waals surface area contributed by atoms with Gasteiger partial charge in [-0.15, -0.1) is 0 Å². The lowest BCUT2D eigenvalue weighted by Gasteiger charge is -2.38. The average Bonchev–Trinajstić information content (AvgIpc) is 3.01. The topological polar surface area (TPSA) is 92.2 Å². The number of nitrogens with zero attached hydrogens (tertiary/aromatic N) is 4. The van der Waals surface area contributed by atoms with Crippen LogP contribution in [0.5, 0.6) is 5.88 Å². The molecule has 1 aliphatic heterocycles. The van der Waals surface area contributed by atoms with E-state index >= 15 is 0 Å². The summed E-state index contributed by atoms with van der Waals surface area (Å²) in [5, 5.41) is 13.7. The number of fused-ring (bicyclic) bond motifs is 1. The maximum absolute atomic E-state index is 12.4. The molecule has 124 valence electrons. The van der Waals surface area contributed by atoms with E-state index in [4.69, 9.17) is 14.5 Å². The van der Waals surface area contributed by atoms with Crippen molar-refractivity contribution in [1.29, 1.82) is 5.26 Å². The first-order valence-corrected chi connectivity index (χ1v) is 7.87. The van der Waals surface area contributed by atoms with E-state index in [0.717, 1.165) is 5.39 Å². The van der Waals surface area contributed by atoms with Crippen molar-refractivity contribution < 1.29 is 14.1 Å². The minimum absolute atomic E-state index is 0.0161. The van der Waals surface area contributed by atoms with Crippen LogP contribution in [0.3, 0.4) is 0 Å². The first-order valence-electron chi connectivity index (χ1n) is 7.87. The molecule has 7 nitrogen and oxygen atoms in total. The molecule has 25 heavy (non-hydrogen) atoms. The molecule has 0 aliphatic carbocycles. The fraction of sp³-hybridized carbons (Fsp3) is 0.222. The van der Waals surface area contributed by atoms with Crippen molar-refractivity contribution in [2.45, 2.75) is 12.5 Å². The van der Waals surface area contributed by atoms with E-state index in [1.54, 1.807) is 17.0 Å². The normalized spacial score (nSPS) is 14.1. The van der Waals surface area contributed by atoms with E-state index in [0.29, 0.717) is 35.8 Å². The van der Waals surface area contributed by atoms with Gasteiger partial charge in [0.05, 0.1) is 31.1 Å². The van der Waals surface area contributed by atoms with Gasteiger partial charge in [-0.25, -0.2) is 4.98 Å². The highest BCUT2D eigenvalue weighted by Gasteiger charge is 2.33. The van der Waals surface area contributed by atoms with Crippen LogP contribution >= 0.6 is 0 Å². The Morgan fingerprint density at radius 2 is 2.20 bits per heavy atom. The zero-order valence-corrected chi connectivity index (χ0v) is 13.3. The standard InChI is InChI=1S/C18H14N4O3/c19-9-12-5-6-20-17(7-12)24-13-10-22(11-13)18(23)8-15-14-3-1-2-4-16(14)25-21-15/h1-7,13H,8,10-11H2. The minimum Gasteiger partial charge on any atom is -0.471 e. The Bertz CT molecular complexity index is 970. The van der Waals surface area contributed by atoms with Gasteiger partial charge in [0, 0.05) is 17.6 Å². The number of hydrogen-bond donors (Lipinski definition) is 0. The number of benzene rings is 1. The molecule has 0 unspecified atom stereocenters. The van der Waals surface area contributed by atoms with Gasteiger partial charge in [-0.1, -0.05) is 17.3 Å². The van der Waals surface area contributed by atoms with Crippen molar-refractivity contribution in [3.8, 4) is 11.9 Å². The molecule has 3 aromatic rings. The summed E-state index contributed by atoms with van der Waals surface area (Å²) >= 11 is 0. The van der Waals surface area contributed by atoms with Gasteiger partial charge in [0.25, 0.3) is 0 Å². The molecule has 1 fully saturated rings. The van der Waals surface area contributed by atoms with Crippen LogP contribution in [0, 0.1) is 11.3 Å². The molecule has 0 bridgehead atoms. The summed E-state index contributed by atoms with van der Waals surface area (Å²) in [5.41, 5.74) is 1.82. The van der Waals surface area contributed by atoms with Crippen LogP contribution in [-0.4, -0.2) is 40.1 Å². The largest absolute Gasteiger partial charge is 0.471 e. The van der Waals surface area contributed by atoms with Gasteiger partial charge >= 0.3 is 0 Å². The molecule has 2 aromatic heterocycles. The Labute approximate surface area is 143 Å². The molecular weight excluding hydrogens is 320 g/mol. The molecule has 0 saturated carbocycles. The van der Waals surface area contributed by atoms with Gasteiger partial charge in [-0.3, -0.25) is 4.79 Å². The SMILES string of the molecule is N#Cc1ccnc(OC2CN(C(=O)Cc3noc4ccccc34)C2)c1. The van der Waals surface area contributed by atoms with E-state index in [1.807, 2.05) is 30.3 Å². The lowest BCUT2D eigenvalue weighted by molar-refractivity contribution is -0.139. The first-order chi connectivity index (χ1) is 12.2. The molecule has 3 heterocycles. The number of carbonyl (C=O) groups excluding carboxylic acids is 1. The number of pyridine rings is 1. The molecule has 1 saturated heterocycles. The summed E-state index contributed by atoms with van der Waals surface area (Å²) in [6.45, 7) is 0.986. The lowest BCUT2D eigenvalue weighted by atomic mass is 10.1. The van der Waals surface area contributed by atoms with E-state index in [-0.39, 0.29) is 18.4 Å². The van der Waals surface area contributed by atoms with Crippen molar-refractivity contribution in [2.24, 2.45) is 0 Å². The monoisotopic (exact) mass is 334 g/mol. The highest BCUT2D eigenvalue weighted by molar-refractivity contribution is 5.86. The molecule has 1 aromatic carbocycles. The van der Waals surface area contributed by atoms with Crippen molar-refractivity contribution >= 4 is 16.9 Å². The van der Waals surface area contributed by atoms with Crippen LogP contribution in [0.1, 0.15) is 11.3 Å². The van der Waals surface area contributed by atoms with E-state index in [1.165, 1.54) is 6.20 Å². The summed E-state index contributed by atoms with van der Waals surface area (Å²) in [6, 6.07) is 12.7. The third-order valence-electron chi connectivity index (χ3n) is 4.12. The second-order valence-corrected chi connectivity index (χ2v) is 5.84. The third-order valence-corrected chi connectivity index (χ3v) is 4.12. The number of hydrogen-bond acceptors (Lipinski definition) is 6. The predicted octanol–water partition coefficient (Wildman–Crippen LogP) is 1.93. The quantitative estimate of drug-likeness (QED) is 0.724. The Balaban J connectivity index is 1.34. The van der Waals surface area contributed by atoms with Crippen molar-refractivity contribution in [3.63, 3.8) is 0 Å². The van der Waals surface area contributed by atoms with Crippen molar-refractivity contribution in [2.75, 3.05) is 13.1 Å². The molecule has 0 N–H and O–H groups in total. The summed E-state index contributed by atoms with van der Waals surface area (Å²) in [4.78, 5) is 18.2. The molecule has 7 heteroatoms. The summed E-state index contributed by atoms with van der Waals surface area (Å²) in [7, 11) is 0. The van der Waals surface area contributed by atoms with Crippen molar-refractivity contribution in [3.05, 3.63) is 53.9 Å². The maximum atomic E-state index is 12.4. The number of carbonyl (C=O) groups is 1. The van der Waals surface area contributed by atoms with Crippen LogP contribution in [0.25, 0.3) is 11.0 Å². The Morgan fingerprint density at radius 1 is 1.36 bits per heavy atom. The van der Waals surface area contributed by atoms with Crippen LogP contribution in [0.15, 0.2) is 47.1 Å². The maximum Gasteiger partial charge on any atom is 0.229 e. The smallest absolute Gasteiger partial charge is 0.229 e. The average molecular weight is 334 g/mol. The summed E-state index contributed by atoms with van der Waals surface area (Å²) < 4.78 is 10.9. The number of nitriles is 1. The highest BCUT2D eigenvalue weighted by Crippen LogP contribution is 2.21. The lowest BCUT2D eigenvalue weighted by Crippen LogP contribution is -2.56. The fourth-order valence-corrected chi connectivity index (χ4v) is 2.75. The summed E-state index contributed by atoms with van der Waals surface area (Å²) in [5.74, 6) is 0.385. The molecule has 1 aliphatic rings. The van der Waals surface area contributed by atoms with Gasteiger partial charge in [-0.05, 0) is 18.2 Å². The van der Waals surface area contributed by atoms with E-state index in [9.17, 15) is 4.79 Å². The Morgan fingerprint density at radius 3 is 3.04 bits per heavy atom. The Kier molecular flexibility index (Phi) is 3.78. The number of amides is 1. The second-order valence-electron chi connectivity index (χ2n) is 5.84. The first kappa shape index (κ1) is 15.1. The van der Waals surface area contributed by atoms with Gasteiger partial charge in [-0.2, -0.15) is 5.26 Å². The summed E-state index contributed by atoms with van der Waals surface area (Å²) in [6.07, 6.45) is 1.62. The predicted molar refractivity (Wildman–Crippen MR) is 87.7 cm³/mol. The van der Waals surface area contributed by atoms with Crippen LogP contribution < -0.4 is 4.74 Å². The zero-order valence-electron chi connectivity index (χ0n) is 13.3. The zero-order chi connectivity index (χ0) is 17.2. The number of rotatable bonds is 4. The van der Waals surface area contributed by atoms with Crippen LogP contribution in [0.4, 0.5) is 0 Å². The molecule has 0 radical (unpaired) electrons. The van der Waals surface area contributed by atoms with Crippen molar-refractivity contribution in [1.82, 2.24) is 15.0 Å². The van der Waals surface area contributed by atoms with Gasteiger partial charge < -0.3 is 14.2 Å². The minimum atomic E-state index is -0.112. The number of aromatic nitrogens is 2. The van der Waals surface area contributed by atoms with Gasteiger partial charge in [0.15, 0.2) is 5.58 Å². The second kappa shape index (κ2) is 6.24. The van der Waals surface area contributed by atoms with E-state index < -0.39 is 0 Å². The molecule has 0 spiro atoms. The van der Waals surface area contributed by atoms with Crippen LogP contribution in [0.2, 0.25) is 0 Å². The highest BCUT2D eigenvalue weighted by atomic mass is 16.5. The molecular formula is C18H14N4O3. The molecule has 4 rings (SSSR count). The third kappa shape index (κ3) is 3.02. The van der Waals surface area contributed by atoms with E-state index in [2.05, 4.69) is 10.1 Å². The number of ether oxygens (including phenoxy) is 1. The fourth-order valence-electron chi connectivity index (χ4n) is 2.75. The Hall–Kier alpha value is -3.40. The van der Waals surface area contributed by atoms with Crippen LogP contribution in [-0.2, 0) is 11.2 Å². The number of para-hydroxylation sites is 1.